The van der Waals surface area contributed by atoms with Crippen molar-refractivity contribution in [2.75, 3.05) is 13.2 Å². The van der Waals surface area contributed by atoms with E-state index in [0.717, 1.165) is 29.5 Å². The lowest BCUT2D eigenvalue weighted by Crippen LogP contribution is -2.26. The Balaban J connectivity index is 1.48. The number of nitrogens with one attached hydrogen (secondary N) is 1. The molecule has 0 atom stereocenters. The molecular formula is C26H25N5O3. The van der Waals surface area contributed by atoms with Crippen molar-refractivity contribution in [2.45, 2.75) is 38.4 Å². The van der Waals surface area contributed by atoms with Crippen molar-refractivity contribution < 1.29 is 14.6 Å². The second kappa shape index (κ2) is 8.86. The summed E-state index contributed by atoms with van der Waals surface area (Å²) in [6, 6.07) is 15.3. The van der Waals surface area contributed by atoms with Gasteiger partial charge in [0.05, 0.1) is 24.4 Å². The summed E-state index contributed by atoms with van der Waals surface area (Å²) in [4.78, 5) is 16.8. The maximum Gasteiger partial charge on any atom is 0.161 e. The summed E-state index contributed by atoms with van der Waals surface area (Å²) in [5, 5.41) is 19.9. The Bertz CT molecular complexity index is 1360. The van der Waals surface area contributed by atoms with Crippen molar-refractivity contribution in [3.8, 4) is 34.5 Å². The first-order chi connectivity index (χ1) is 16.4. The van der Waals surface area contributed by atoms with E-state index in [9.17, 15) is 10.4 Å². The van der Waals surface area contributed by atoms with Gasteiger partial charge in [0.1, 0.15) is 41.3 Å². The predicted octanol–water partition coefficient (Wildman–Crippen LogP) is 4.34. The number of imidazole rings is 1. The zero-order valence-corrected chi connectivity index (χ0v) is 19.1. The molecule has 1 fully saturated rings. The van der Waals surface area contributed by atoms with Gasteiger partial charge in [-0.1, -0.05) is 24.3 Å². The molecule has 4 aromatic rings. The van der Waals surface area contributed by atoms with Gasteiger partial charge in [0.2, 0.25) is 0 Å². The predicted molar refractivity (Wildman–Crippen MR) is 127 cm³/mol. The first-order valence-corrected chi connectivity index (χ1v) is 11.3. The third kappa shape index (κ3) is 4.36. The number of hydrogen-bond donors (Lipinski definition) is 2. The molecular weight excluding hydrogens is 430 g/mol. The quantitative estimate of drug-likeness (QED) is 0.460. The van der Waals surface area contributed by atoms with E-state index >= 15 is 0 Å². The Morgan fingerprint density at radius 2 is 1.82 bits per heavy atom. The van der Waals surface area contributed by atoms with E-state index in [1.54, 1.807) is 19.9 Å². The highest BCUT2D eigenvalue weighted by molar-refractivity contribution is 5.89. The molecule has 0 bridgehead atoms. The molecule has 8 heteroatoms. The van der Waals surface area contributed by atoms with E-state index in [1.165, 1.54) is 6.33 Å². The van der Waals surface area contributed by atoms with E-state index in [2.05, 4.69) is 21.0 Å². The van der Waals surface area contributed by atoms with E-state index in [4.69, 9.17) is 14.5 Å². The lowest BCUT2D eigenvalue weighted by atomic mass is 9.97. The van der Waals surface area contributed by atoms with Crippen molar-refractivity contribution in [3.63, 3.8) is 0 Å². The number of hydrogen-bond acceptors (Lipinski definition) is 7. The number of fused-ring (bicyclic) bond motifs is 1. The highest BCUT2D eigenvalue weighted by atomic mass is 16.5. The molecule has 1 aliphatic heterocycles. The van der Waals surface area contributed by atoms with Gasteiger partial charge in [-0.25, -0.2) is 15.0 Å². The number of H-pyrrole nitrogens is 1. The molecule has 0 spiro atoms. The average molecular weight is 456 g/mol. The van der Waals surface area contributed by atoms with Gasteiger partial charge in [0.15, 0.2) is 5.65 Å². The fraction of sp³-hybridized carbons (Fsp3) is 0.308. The van der Waals surface area contributed by atoms with Crippen molar-refractivity contribution in [3.05, 3.63) is 59.9 Å². The highest BCUT2D eigenvalue weighted by Gasteiger charge is 2.20. The first-order valence-electron chi connectivity index (χ1n) is 11.3. The summed E-state index contributed by atoms with van der Waals surface area (Å²) in [5.74, 6) is 1.22. The number of rotatable bonds is 5. The summed E-state index contributed by atoms with van der Waals surface area (Å²) in [6.45, 7) is 4.85. The second-order valence-corrected chi connectivity index (χ2v) is 8.89. The first kappa shape index (κ1) is 22.0. The fourth-order valence-electron chi connectivity index (χ4n) is 4.05. The highest BCUT2D eigenvalue weighted by Crippen LogP contribution is 2.31. The van der Waals surface area contributed by atoms with Crippen molar-refractivity contribution in [1.82, 2.24) is 19.9 Å². The Morgan fingerprint density at radius 3 is 2.53 bits per heavy atom. The molecule has 2 aromatic carbocycles. The molecule has 0 unspecified atom stereocenters. The van der Waals surface area contributed by atoms with Gasteiger partial charge in [0, 0.05) is 24.0 Å². The van der Waals surface area contributed by atoms with Crippen LogP contribution in [-0.2, 0) is 10.3 Å². The smallest absolute Gasteiger partial charge is 0.161 e. The summed E-state index contributed by atoms with van der Waals surface area (Å²) >= 11 is 0. The largest absolute Gasteiger partial charge is 0.489 e. The molecule has 1 saturated heterocycles. The van der Waals surface area contributed by atoms with Crippen molar-refractivity contribution in [1.29, 1.82) is 5.26 Å². The van der Waals surface area contributed by atoms with Crippen LogP contribution in [0.5, 0.6) is 5.75 Å². The molecule has 0 aliphatic carbocycles. The molecule has 34 heavy (non-hydrogen) atoms. The molecule has 2 N–H and O–H groups in total. The molecule has 0 saturated carbocycles. The summed E-state index contributed by atoms with van der Waals surface area (Å²) in [5.41, 5.74) is 3.85. The van der Waals surface area contributed by atoms with E-state index in [1.807, 2.05) is 36.4 Å². The van der Waals surface area contributed by atoms with E-state index < -0.39 is 5.60 Å². The van der Waals surface area contributed by atoms with Crippen LogP contribution in [0.3, 0.4) is 0 Å². The summed E-state index contributed by atoms with van der Waals surface area (Å²) in [7, 11) is 0. The zero-order valence-electron chi connectivity index (χ0n) is 19.1. The Labute approximate surface area is 197 Å². The van der Waals surface area contributed by atoms with Crippen LogP contribution in [0.4, 0.5) is 0 Å². The molecule has 1 aliphatic rings. The number of nitriles is 1. The van der Waals surface area contributed by atoms with Crippen molar-refractivity contribution >= 4 is 11.2 Å². The number of aromatic nitrogens is 4. The molecule has 3 heterocycles. The van der Waals surface area contributed by atoms with Crippen LogP contribution < -0.4 is 4.74 Å². The van der Waals surface area contributed by atoms with Crippen LogP contribution in [0.1, 0.15) is 37.8 Å². The van der Waals surface area contributed by atoms with E-state index in [0.29, 0.717) is 47.2 Å². The Hall–Kier alpha value is -3.80. The minimum atomic E-state index is -0.913. The minimum Gasteiger partial charge on any atom is -0.489 e. The van der Waals surface area contributed by atoms with Crippen LogP contribution in [0.15, 0.2) is 48.8 Å². The third-order valence-electron chi connectivity index (χ3n) is 5.98. The Morgan fingerprint density at radius 1 is 1.09 bits per heavy atom. The molecule has 2 aromatic heterocycles. The molecule has 8 nitrogen and oxygen atoms in total. The van der Waals surface area contributed by atoms with Gasteiger partial charge >= 0.3 is 0 Å². The van der Waals surface area contributed by atoms with Gasteiger partial charge in [0.25, 0.3) is 0 Å². The van der Waals surface area contributed by atoms with Crippen LogP contribution in [0.2, 0.25) is 0 Å². The summed E-state index contributed by atoms with van der Waals surface area (Å²) < 4.78 is 11.5. The van der Waals surface area contributed by atoms with Crippen LogP contribution in [0, 0.1) is 11.3 Å². The SMILES string of the molecule is CC(C)(O)c1ccc(-c2nc3c(-c4ccc(OC5CCOCC5)c(C#N)c4)ncnc3[nH]2)cc1. The number of aliphatic hydroxyl groups is 1. The maximum absolute atomic E-state index is 10.2. The number of nitrogens with zero attached hydrogens (tertiary/aromatic N) is 4. The minimum absolute atomic E-state index is 0.0501. The van der Waals surface area contributed by atoms with Gasteiger partial charge in [-0.15, -0.1) is 0 Å². The maximum atomic E-state index is 10.2. The van der Waals surface area contributed by atoms with Gasteiger partial charge in [-0.2, -0.15) is 5.26 Å². The second-order valence-electron chi connectivity index (χ2n) is 8.89. The number of aromatic amines is 1. The zero-order chi connectivity index (χ0) is 23.7. The lowest BCUT2D eigenvalue weighted by molar-refractivity contribution is 0.0254. The van der Waals surface area contributed by atoms with Gasteiger partial charge in [-0.3, -0.25) is 0 Å². The number of benzene rings is 2. The van der Waals surface area contributed by atoms with Crippen LogP contribution >= 0.6 is 0 Å². The van der Waals surface area contributed by atoms with Crippen molar-refractivity contribution in [2.24, 2.45) is 0 Å². The normalized spacial score (nSPS) is 14.8. The lowest BCUT2D eigenvalue weighted by Gasteiger charge is -2.23. The Kier molecular flexibility index (Phi) is 5.74. The average Bonchev–Trinajstić information content (AvgIpc) is 3.29. The molecule has 172 valence electrons. The molecule has 0 amide bonds. The molecule has 0 radical (unpaired) electrons. The standard InChI is InChI=1S/C26H25N5O3/c1-26(2,32)19-6-3-16(4-7-19)24-30-23-22(28-15-29-25(23)31-24)17-5-8-21(18(13-17)14-27)34-20-9-11-33-12-10-20/h3-8,13,15,20,32H,9-12H2,1-2H3,(H,28,29,30,31). The fourth-order valence-corrected chi connectivity index (χ4v) is 4.05. The topological polar surface area (TPSA) is 117 Å². The third-order valence-corrected chi connectivity index (χ3v) is 5.98. The molecule has 5 rings (SSSR count). The van der Waals surface area contributed by atoms with Crippen LogP contribution in [-0.4, -0.2) is 44.4 Å². The number of ether oxygens (including phenoxy) is 2. The summed E-state index contributed by atoms with van der Waals surface area (Å²) in [6.07, 6.45) is 3.15. The van der Waals surface area contributed by atoms with E-state index in [-0.39, 0.29) is 6.10 Å². The van der Waals surface area contributed by atoms with Gasteiger partial charge < -0.3 is 19.6 Å². The van der Waals surface area contributed by atoms with Gasteiger partial charge in [-0.05, 0) is 37.6 Å². The monoisotopic (exact) mass is 455 g/mol. The van der Waals surface area contributed by atoms with Crippen LogP contribution in [0.25, 0.3) is 33.8 Å².